The Kier molecular flexibility index (Phi) is 4.32. The molecule has 2 aromatic carbocycles. The summed E-state index contributed by atoms with van der Waals surface area (Å²) in [6, 6.07) is 16.0. The first kappa shape index (κ1) is 13.6. The molecule has 0 bridgehead atoms. The molecule has 0 saturated carbocycles. The molecule has 100 valence electrons. The van der Waals surface area contributed by atoms with E-state index in [1.54, 1.807) is 42.5 Å². The van der Waals surface area contributed by atoms with Crippen molar-refractivity contribution in [3.8, 4) is 11.8 Å². The number of nitrogens with two attached hydrogens (primary N) is 1. The second kappa shape index (κ2) is 6.36. The van der Waals surface area contributed by atoms with Gasteiger partial charge in [-0.25, -0.2) is 5.84 Å². The lowest BCUT2D eigenvalue weighted by Crippen LogP contribution is -2.30. The van der Waals surface area contributed by atoms with Crippen LogP contribution in [0.15, 0.2) is 48.5 Å². The molecule has 0 aliphatic heterocycles. The number of amides is 1. The first-order valence-electron chi connectivity index (χ1n) is 5.97. The minimum atomic E-state index is -0.377. The maximum absolute atomic E-state index is 11.6. The van der Waals surface area contributed by atoms with Crippen molar-refractivity contribution < 1.29 is 9.53 Å². The summed E-state index contributed by atoms with van der Waals surface area (Å²) < 4.78 is 5.61. The highest BCUT2D eigenvalue weighted by atomic mass is 16.5. The van der Waals surface area contributed by atoms with Crippen LogP contribution in [0.1, 0.15) is 21.5 Å². The molecule has 20 heavy (non-hydrogen) atoms. The van der Waals surface area contributed by atoms with Crippen molar-refractivity contribution in [2.45, 2.75) is 6.61 Å². The number of hydrogen-bond acceptors (Lipinski definition) is 4. The summed E-state index contributed by atoms with van der Waals surface area (Å²) >= 11 is 0. The van der Waals surface area contributed by atoms with E-state index in [2.05, 4.69) is 11.5 Å². The molecule has 1 amide bonds. The normalized spacial score (nSPS) is 9.60. The van der Waals surface area contributed by atoms with Gasteiger partial charge < -0.3 is 4.74 Å². The first-order valence-corrected chi connectivity index (χ1v) is 5.97. The van der Waals surface area contributed by atoms with Crippen molar-refractivity contribution in [2.75, 3.05) is 0 Å². The highest BCUT2D eigenvalue weighted by Gasteiger charge is 2.10. The molecule has 0 radical (unpaired) electrons. The number of carbonyl (C=O) groups is 1. The fourth-order valence-corrected chi connectivity index (χ4v) is 1.79. The first-order chi connectivity index (χ1) is 9.76. The van der Waals surface area contributed by atoms with Gasteiger partial charge in [-0.3, -0.25) is 10.2 Å². The molecular formula is C15H13N3O2. The molecule has 0 aromatic heterocycles. The summed E-state index contributed by atoms with van der Waals surface area (Å²) in [5.41, 5.74) is 3.69. The van der Waals surface area contributed by atoms with Crippen molar-refractivity contribution in [1.29, 1.82) is 5.26 Å². The van der Waals surface area contributed by atoms with E-state index < -0.39 is 0 Å². The average Bonchev–Trinajstić information content (AvgIpc) is 2.52. The molecule has 2 rings (SSSR count). The Balaban J connectivity index is 2.20. The largest absolute Gasteiger partial charge is 0.487 e. The van der Waals surface area contributed by atoms with Gasteiger partial charge in [0.05, 0.1) is 5.56 Å². The summed E-state index contributed by atoms with van der Waals surface area (Å²) in [4.78, 5) is 11.6. The summed E-state index contributed by atoms with van der Waals surface area (Å²) in [7, 11) is 0. The number of hydrogen-bond donors (Lipinski definition) is 2. The summed E-state index contributed by atoms with van der Waals surface area (Å²) in [5.74, 6) is 5.25. The van der Waals surface area contributed by atoms with Gasteiger partial charge in [-0.15, -0.1) is 0 Å². The van der Waals surface area contributed by atoms with Gasteiger partial charge >= 0.3 is 0 Å². The molecule has 2 aromatic rings. The van der Waals surface area contributed by atoms with Crippen LogP contribution in [-0.4, -0.2) is 5.91 Å². The summed E-state index contributed by atoms with van der Waals surface area (Å²) in [5, 5.41) is 8.99. The maximum atomic E-state index is 11.6. The number of nitriles is 1. The van der Waals surface area contributed by atoms with E-state index in [1.165, 1.54) is 0 Å². The lowest BCUT2D eigenvalue weighted by Gasteiger charge is -2.10. The Morgan fingerprint density at radius 3 is 2.65 bits per heavy atom. The minimum Gasteiger partial charge on any atom is -0.487 e. The topological polar surface area (TPSA) is 88.1 Å². The zero-order chi connectivity index (χ0) is 14.4. The van der Waals surface area contributed by atoms with Gasteiger partial charge in [-0.1, -0.05) is 30.3 Å². The second-order valence-corrected chi connectivity index (χ2v) is 4.03. The van der Waals surface area contributed by atoms with Crippen LogP contribution in [0.2, 0.25) is 0 Å². The van der Waals surface area contributed by atoms with Gasteiger partial charge in [-0.2, -0.15) is 5.26 Å². The molecule has 0 saturated heterocycles. The van der Waals surface area contributed by atoms with Crippen molar-refractivity contribution in [2.24, 2.45) is 5.84 Å². The molecule has 0 atom stereocenters. The van der Waals surface area contributed by atoms with Crippen LogP contribution in [-0.2, 0) is 6.61 Å². The van der Waals surface area contributed by atoms with Gasteiger partial charge in [0.15, 0.2) is 0 Å². The quantitative estimate of drug-likeness (QED) is 0.501. The van der Waals surface area contributed by atoms with Crippen molar-refractivity contribution in [3.05, 3.63) is 65.2 Å². The smallest absolute Gasteiger partial charge is 0.265 e. The lowest BCUT2D eigenvalue weighted by molar-refractivity contribution is 0.0951. The van der Waals surface area contributed by atoms with Gasteiger partial charge in [0.1, 0.15) is 18.4 Å². The third-order valence-electron chi connectivity index (χ3n) is 2.78. The van der Waals surface area contributed by atoms with E-state index >= 15 is 0 Å². The monoisotopic (exact) mass is 267 g/mol. The molecule has 0 unspecified atom stereocenters. The van der Waals surface area contributed by atoms with Crippen molar-refractivity contribution in [3.63, 3.8) is 0 Å². The number of nitrogens with zero attached hydrogens (tertiary/aromatic N) is 1. The Labute approximate surface area is 116 Å². The van der Waals surface area contributed by atoms with Gasteiger partial charge in [-0.05, 0) is 18.2 Å². The van der Waals surface area contributed by atoms with Gasteiger partial charge in [0.2, 0.25) is 0 Å². The Morgan fingerprint density at radius 2 is 1.90 bits per heavy atom. The van der Waals surface area contributed by atoms with E-state index in [0.717, 1.165) is 0 Å². The number of carbonyl (C=O) groups excluding carboxylic acids is 1. The molecule has 0 aliphatic rings. The zero-order valence-electron chi connectivity index (χ0n) is 10.7. The second-order valence-electron chi connectivity index (χ2n) is 4.03. The molecule has 0 fully saturated rings. The van der Waals surface area contributed by atoms with Gasteiger partial charge in [0.25, 0.3) is 5.91 Å². The van der Waals surface area contributed by atoms with Gasteiger partial charge in [0, 0.05) is 11.1 Å². The number of rotatable bonds is 4. The Morgan fingerprint density at radius 1 is 1.20 bits per heavy atom. The number of hydrazine groups is 1. The molecule has 5 nitrogen and oxygen atoms in total. The van der Waals surface area contributed by atoms with Crippen LogP contribution in [0.5, 0.6) is 5.75 Å². The van der Waals surface area contributed by atoms with E-state index in [-0.39, 0.29) is 12.5 Å². The molecule has 3 N–H and O–H groups in total. The van der Waals surface area contributed by atoms with Crippen LogP contribution < -0.4 is 16.0 Å². The number of para-hydroxylation sites is 1. The van der Waals surface area contributed by atoms with Crippen LogP contribution in [0.3, 0.4) is 0 Å². The maximum Gasteiger partial charge on any atom is 0.265 e. The third kappa shape index (κ3) is 2.94. The highest BCUT2D eigenvalue weighted by Crippen LogP contribution is 2.19. The van der Waals surface area contributed by atoms with Crippen LogP contribution in [0.4, 0.5) is 0 Å². The molecule has 0 spiro atoms. The molecule has 0 heterocycles. The number of nitrogens with one attached hydrogen (secondary N) is 1. The van der Waals surface area contributed by atoms with Crippen molar-refractivity contribution in [1.82, 2.24) is 5.43 Å². The zero-order valence-corrected chi connectivity index (χ0v) is 10.7. The fraction of sp³-hybridized carbons (Fsp3) is 0.0667. The Hall–Kier alpha value is -2.84. The lowest BCUT2D eigenvalue weighted by atomic mass is 10.1. The highest BCUT2D eigenvalue weighted by molar-refractivity contribution is 5.95. The van der Waals surface area contributed by atoms with E-state index in [1.807, 2.05) is 6.07 Å². The standard InChI is InChI=1S/C15H13N3O2/c16-9-11-5-2-4-8-14(11)20-10-12-6-1-3-7-13(12)15(19)18-17/h1-8H,10,17H2,(H,18,19). The average molecular weight is 267 g/mol. The van der Waals surface area contributed by atoms with Crippen molar-refractivity contribution >= 4 is 5.91 Å². The molecular weight excluding hydrogens is 254 g/mol. The Bertz CT molecular complexity index is 662. The van der Waals surface area contributed by atoms with E-state index in [9.17, 15) is 4.79 Å². The number of ether oxygens (including phenoxy) is 1. The van der Waals surface area contributed by atoms with E-state index in [4.69, 9.17) is 15.8 Å². The number of nitrogen functional groups attached to an aromatic ring is 1. The summed E-state index contributed by atoms with van der Waals surface area (Å²) in [6.45, 7) is 0.183. The van der Waals surface area contributed by atoms with Crippen LogP contribution in [0.25, 0.3) is 0 Å². The predicted octanol–water partition coefficient (Wildman–Crippen LogP) is 1.74. The van der Waals surface area contributed by atoms with E-state index in [0.29, 0.717) is 22.4 Å². The molecule has 0 aliphatic carbocycles. The SMILES string of the molecule is N#Cc1ccccc1OCc1ccccc1C(=O)NN. The summed E-state index contributed by atoms with van der Waals surface area (Å²) in [6.07, 6.45) is 0. The number of benzene rings is 2. The fourth-order valence-electron chi connectivity index (χ4n) is 1.79. The minimum absolute atomic E-state index is 0.183. The third-order valence-corrected chi connectivity index (χ3v) is 2.78. The van der Waals surface area contributed by atoms with Crippen LogP contribution >= 0.6 is 0 Å². The molecule has 5 heteroatoms. The predicted molar refractivity (Wildman–Crippen MR) is 73.6 cm³/mol. The van der Waals surface area contributed by atoms with Crippen LogP contribution in [0, 0.1) is 11.3 Å².